The lowest BCUT2D eigenvalue weighted by atomic mass is 10.1. The molecular weight excluding hydrogens is 278 g/mol. The second-order valence-corrected chi connectivity index (χ2v) is 5.62. The average molecular weight is 304 g/mol. The van der Waals surface area contributed by atoms with Gasteiger partial charge in [-0.25, -0.2) is 8.78 Å². The topological polar surface area (TPSA) is 0 Å². The van der Waals surface area contributed by atoms with Gasteiger partial charge in [0.2, 0.25) is 0 Å². The predicted octanol–water partition coefficient (Wildman–Crippen LogP) is 6.25. The summed E-state index contributed by atoms with van der Waals surface area (Å²) in [4.78, 5) is 0. The molecule has 0 heterocycles. The maximum Gasteiger partial charge on any atom is 0.126 e. The second-order valence-electron chi connectivity index (χ2n) is 5.62. The van der Waals surface area contributed by atoms with Gasteiger partial charge in [-0.1, -0.05) is 56.5 Å². The predicted molar refractivity (Wildman–Crippen MR) is 90.1 cm³/mol. The highest BCUT2D eigenvalue weighted by atomic mass is 19.1. The summed E-state index contributed by atoms with van der Waals surface area (Å²) in [7, 11) is 0. The molecule has 2 aromatic carbocycles. The fourth-order valence-corrected chi connectivity index (χ4v) is 2.29. The molecule has 0 aliphatic heterocycles. The Morgan fingerprint density at radius 1 is 0.773 bits per heavy atom. The van der Waals surface area contributed by atoms with E-state index in [4.69, 9.17) is 0 Å². The molecule has 0 saturated heterocycles. The van der Waals surface area contributed by atoms with Crippen LogP contribution in [0.5, 0.6) is 0 Å². The molecule has 0 N–H and O–H groups in total. The van der Waals surface area contributed by atoms with Crippen molar-refractivity contribution < 1.29 is 8.78 Å². The first-order valence-corrected chi connectivity index (χ1v) is 8.05. The van der Waals surface area contributed by atoms with Crippen molar-refractivity contribution in [2.75, 3.05) is 0 Å². The number of halogens is 2. The van der Waals surface area contributed by atoms with Crippen molar-refractivity contribution >= 4 is 0 Å². The molecule has 0 aliphatic carbocycles. The zero-order valence-electron chi connectivity index (χ0n) is 13.8. The Morgan fingerprint density at radius 2 is 1.45 bits per heavy atom. The minimum atomic E-state index is -0.485. The van der Waals surface area contributed by atoms with Crippen LogP contribution < -0.4 is 0 Å². The third-order valence-corrected chi connectivity index (χ3v) is 3.36. The Labute approximate surface area is 133 Å². The fourth-order valence-electron chi connectivity index (χ4n) is 2.29. The van der Waals surface area contributed by atoms with E-state index < -0.39 is 11.6 Å². The monoisotopic (exact) mass is 304 g/mol. The molecule has 0 spiro atoms. The number of hydrogen-bond donors (Lipinski definition) is 0. The standard InChI is InChI=1S/C10H12F2.C10H14/c1-2-3-4-8-5-9(11)7-10(12)6-8;1-3-5-10-7-4-6-9(2)8-10/h5-7H,2-4H2,1H3;4,6-8H,3,5H2,1-2H3. The molecule has 120 valence electrons. The van der Waals surface area contributed by atoms with E-state index in [1.54, 1.807) is 0 Å². The van der Waals surface area contributed by atoms with Crippen LogP contribution in [0.3, 0.4) is 0 Å². The lowest BCUT2D eigenvalue weighted by Crippen LogP contribution is -1.88. The van der Waals surface area contributed by atoms with E-state index in [1.165, 1.54) is 36.1 Å². The highest BCUT2D eigenvalue weighted by Gasteiger charge is 1.99. The summed E-state index contributed by atoms with van der Waals surface area (Å²) < 4.78 is 25.2. The van der Waals surface area contributed by atoms with Gasteiger partial charge in [0.1, 0.15) is 11.6 Å². The molecule has 0 saturated carbocycles. The smallest absolute Gasteiger partial charge is 0.126 e. The van der Waals surface area contributed by atoms with Crippen molar-refractivity contribution in [3.05, 3.63) is 70.8 Å². The van der Waals surface area contributed by atoms with Gasteiger partial charge < -0.3 is 0 Å². The van der Waals surface area contributed by atoms with Gasteiger partial charge in [-0.2, -0.15) is 0 Å². The maximum absolute atomic E-state index is 12.6. The first kappa shape index (κ1) is 18.3. The van der Waals surface area contributed by atoms with Gasteiger partial charge in [0, 0.05) is 6.07 Å². The van der Waals surface area contributed by atoms with Crippen LogP contribution in [0.4, 0.5) is 8.78 Å². The number of unbranched alkanes of at least 4 members (excludes halogenated alkanes) is 1. The molecule has 0 aromatic heterocycles. The van der Waals surface area contributed by atoms with Crippen LogP contribution in [-0.2, 0) is 12.8 Å². The van der Waals surface area contributed by atoms with Crippen molar-refractivity contribution in [1.29, 1.82) is 0 Å². The van der Waals surface area contributed by atoms with Crippen LogP contribution in [-0.4, -0.2) is 0 Å². The molecule has 2 heteroatoms. The largest absolute Gasteiger partial charge is 0.207 e. The summed E-state index contributed by atoms with van der Waals surface area (Å²) in [6.45, 7) is 6.40. The normalized spacial score (nSPS) is 10.0. The van der Waals surface area contributed by atoms with Gasteiger partial charge in [0.05, 0.1) is 0 Å². The maximum atomic E-state index is 12.6. The highest BCUT2D eigenvalue weighted by molar-refractivity contribution is 5.22. The Hall–Kier alpha value is -1.70. The van der Waals surface area contributed by atoms with E-state index in [1.807, 2.05) is 0 Å². The van der Waals surface area contributed by atoms with Gasteiger partial charge in [0.25, 0.3) is 0 Å². The molecular formula is C20H26F2. The zero-order chi connectivity index (χ0) is 16.4. The first-order chi connectivity index (χ1) is 10.5. The molecule has 0 unspecified atom stereocenters. The van der Waals surface area contributed by atoms with Crippen LogP contribution >= 0.6 is 0 Å². The highest BCUT2D eigenvalue weighted by Crippen LogP contribution is 2.10. The lowest BCUT2D eigenvalue weighted by molar-refractivity contribution is 0.578. The summed E-state index contributed by atoms with van der Waals surface area (Å²) >= 11 is 0. The summed E-state index contributed by atoms with van der Waals surface area (Å²) in [6, 6.07) is 12.4. The van der Waals surface area contributed by atoms with Crippen molar-refractivity contribution in [3.63, 3.8) is 0 Å². The number of rotatable bonds is 5. The van der Waals surface area contributed by atoms with Crippen molar-refractivity contribution in [2.24, 2.45) is 0 Å². The minimum absolute atomic E-state index is 0.485. The molecule has 0 fully saturated rings. The zero-order valence-corrected chi connectivity index (χ0v) is 13.8. The van der Waals surface area contributed by atoms with Crippen molar-refractivity contribution in [1.82, 2.24) is 0 Å². The minimum Gasteiger partial charge on any atom is -0.207 e. The first-order valence-electron chi connectivity index (χ1n) is 8.05. The summed E-state index contributed by atoms with van der Waals surface area (Å²) in [5, 5.41) is 0. The molecule has 2 aromatic rings. The number of aryl methyl sites for hydroxylation is 3. The Kier molecular flexibility index (Phi) is 8.42. The van der Waals surface area contributed by atoms with Crippen molar-refractivity contribution in [3.8, 4) is 0 Å². The van der Waals surface area contributed by atoms with E-state index in [9.17, 15) is 8.78 Å². The molecule has 22 heavy (non-hydrogen) atoms. The second kappa shape index (κ2) is 10.1. The van der Waals surface area contributed by atoms with Gasteiger partial charge in [-0.15, -0.1) is 0 Å². The lowest BCUT2D eigenvalue weighted by Gasteiger charge is -1.99. The fraction of sp³-hybridized carbons (Fsp3) is 0.400. The molecule has 0 amide bonds. The number of hydrogen-bond acceptors (Lipinski definition) is 0. The third-order valence-electron chi connectivity index (χ3n) is 3.36. The summed E-state index contributed by atoms with van der Waals surface area (Å²) in [6.07, 6.45) is 5.22. The van der Waals surface area contributed by atoms with Gasteiger partial charge >= 0.3 is 0 Å². The number of benzene rings is 2. The molecule has 2 rings (SSSR count). The van der Waals surface area contributed by atoms with Crippen molar-refractivity contribution in [2.45, 2.75) is 52.9 Å². The molecule has 0 aliphatic rings. The van der Waals surface area contributed by atoms with E-state index in [2.05, 4.69) is 45.0 Å². The van der Waals surface area contributed by atoms with Crippen LogP contribution in [0.15, 0.2) is 42.5 Å². The SMILES string of the molecule is CCCCc1cc(F)cc(F)c1.CCCc1cccc(C)c1. The van der Waals surface area contributed by atoms with E-state index in [0.29, 0.717) is 0 Å². The molecule has 0 bridgehead atoms. The van der Waals surface area contributed by atoms with Crippen LogP contribution in [0.2, 0.25) is 0 Å². The Balaban J connectivity index is 0.000000224. The van der Waals surface area contributed by atoms with Gasteiger partial charge in [-0.3, -0.25) is 0 Å². The van der Waals surface area contributed by atoms with E-state index >= 15 is 0 Å². The van der Waals surface area contributed by atoms with E-state index in [-0.39, 0.29) is 0 Å². The average Bonchev–Trinajstić information content (AvgIpc) is 2.45. The van der Waals surface area contributed by atoms with Gasteiger partial charge in [-0.05, 0) is 49.4 Å². The van der Waals surface area contributed by atoms with Crippen LogP contribution in [0, 0.1) is 18.6 Å². The summed E-state index contributed by atoms with van der Waals surface area (Å²) in [5.74, 6) is -0.970. The van der Waals surface area contributed by atoms with Crippen LogP contribution in [0.25, 0.3) is 0 Å². The quantitative estimate of drug-likeness (QED) is 0.612. The third kappa shape index (κ3) is 7.35. The van der Waals surface area contributed by atoms with Crippen LogP contribution in [0.1, 0.15) is 49.8 Å². The molecule has 0 radical (unpaired) electrons. The van der Waals surface area contributed by atoms with E-state index in [0.717, 1.165) is 30.9 Å². The van der Waals surface area contributed by atoms with Gasteiger partial charge in [0.15, 0.2) is 0 Å². The Morgan fingerprint density at radius 3 is 2.00 bits per heavy atom. The summed E-state index contributed by atoms with van der Waals surface area (Å²) in [5.41, 5.74) is 3.57. The molecule has 0 atom stereocenters. The molecule has 0 nitrogen and oxygen atoms in total. The Bertz CT molecular complexity index is 541.